The SMILES string of the molecule is C/C=C(\C)[C@H]1O[C@@]2(C[C@@H]3C[C@@H](C/C=C(/C)C[C@@H](C)/C=C\C=C(\CO)[C@]4(O)C[C@H](OC)C(C)=C[C@H]4C(=O)O3)O2)[C@H](O)C[C@@H]1C. The van der Waals surface area contributed by atoms with Gasteiger partial charge in [0.1, 0.15) is 23.7 Å². The summed E-state index contributed by atoms with van der Waals surface area (Å²) in [5, 5.41) is 34.0. The zero-order valence-corrected chi connectivity index (χ0v) is 26.9. The minimum absolute atomic E-state index is 0.0896. The molecule has 0 amide bonds. The van der Waals surface area contributed by atoms with E-state index in [0.717, 1.165) is 17.6 Å². The summed E-state index contributed by atoms with van der Waals surface area (Å²) in [5.74, 6) is -2.67. The van der Waals surface area contributed by atoms with Gasteiger partial charge >= 0.3 is 5.97 Å². The van der Waals surface area contributed by atoms with Gasteiger partial charge in [0.15, 0.2) is 5.79 Å². The van der Waals surface area contributed by atoms with E-state index in [1.165, 1.54) is 5.57 Å². The molecule has 0 saturated carbocycles. The molecule has 0 unspecified atom stereocenters. The molecule has 4 aliphatic rings. The number of hydrogen-bond acceptors (Lipinski definition) is 8. The van der Waals surface area contributed by atoms with Gasteiger partial charge in [-0.2, -0.15) is 0 Å². The molecule has 43 heavy (non-hydrogen) atoms. The molecule has 0 aromatic carbocycles. The van der Waals surface area contributed by atoms with E-state index in [4.69, 9.17) is 18.9 Å². The molecule has 3 N–H and O–H groups in total. The van der Waals surface area contributed by atoms with Crippen molar-refractivity contribution in [3.05, 3.63) is 58.7 Å². The number of carbonyl (C=O) groups is 1. The molecule has 10 atom stereocenters. The van der Waals surface area contributed by atoms with Gasteiger partial charge in [-0.15, -0.1) is 0 Å². The molecule has 0 aromatic heterocycles. The van der Waals surface area contributed by atoms with Crippen LogP contribution in [0.3, 0.4) is 0 Å². The van der Waals surface area contributed by atoms with E-state index in [1.807, 2.05) is 39.0 Å². The largest absolute Gasteiger partial charge is 0.462 e. The Balaban J connectivity index is 1.77. The summed E-state index contributed by atoms with van der Waals surface area (Å²) in [6, 6.07) is 0. The number of hydrogen-bond donors (Lipinski definition) is 3. The molecule has 8 heteroatoms. The predicted octanol–water partition coefficient (Wildman–Crippen LogP) is 5.09. The third kappa shape index (κ3) is 7.26. The second-order valence-electron chi connectivity index (χ2n) is 13.3. The van der Waals surface area contributed by atoms with Crippen molar-refractivity contribution in [2.45, 2.75) is 122 Å². The highest BCUT2D eigenvalue weighted by atomic mass is 16.7. The molecule has 8 nitrogen and oxygen atoms in total. The van der Waals surface area contributed by atoms with Crippen LogP contribution in [0.15, 0.2) is 58.7 Å². The third-order valence-electron chi connectivity index (χ3n) is 9.86. The van der Waals surface area contributed by atoms with Gasteiger partial charge in [0.25, 0.3) is 0 Å². The first-order chi connectivity index (χ1) is 20.3. The summed E-state index contributed by atoms with van der Waals surface area (Å²) in [7, 11) is 1.57. The second-order valence-corrected chi connectivity index (χ2v) is 13.3. The van der Waals surface area contributed by atoms with Crippen molar-refractivity contribution in [1.82, 2.24) is 0 Å². The van der Waals surface area contributed by atoms with E-state index in [-0.39, 0.29) is 36.9 Å². The first-order valence-electron chi connectivity index (χ1n) is 15.8. The maximum absolute atomic E-state index is 14.0. The number of aliphatic hydroxyl groups is 3. The van der Waals surface area contributed by atoms with E-state index in [2.05, 4.69) is 26.8 Å². The van der Waals surface area contributed by atoms with E-state index >= 15 is 0 Å². The molecular weight excluding hydrogens is 548 g/mol. The van der Waals surface area contributed by atoms with Crippen LogP contribution in [0.1, 0.15) is 80.1 Å². The molecule has 3 heterocycles. The van der Waals surface area contributed by atoms with Crippen LogP contribution in [0.5, 0.6) is 0 Å². The van der Waals surface area contributed by atoms with Crippen molar-refractivity contribution >= 4 is 5.97 Å². The molecule has 1 aliphatic carbocycles. The molecule has 2 bridgehead atoms. The Kier molecular flexibility index (Phi) is 10.9. The van der Waals surface area contributed by atoms with Crippen LogP contribution in [0.4, 0.5) is 0 Å². The molecule has 4 rings (SSSR count). The van der Waals surface area contributed by atoms with Gasteiger partial charge in [0, 0.05) is 26.4 Å². The molecule has 240 valence electrons. The Hall–Kier alpha value is -2.07. The average molecular weight is 601 g/mol. The number of esters is 1. The van der Waals surface area contributed by atoms with Crippen molar-refractivity contribution < 1.29 is 39.1 Å². The Labute approximate surface area is 257 Å². The monoisotopic (exact) mass is 600 g/mol. The van der Waals surface area contributed by atoms with Crippen molar-refractivity contribution in [1.29, 1.82) is 0 Å². The normalized spacial score (nSPS) is 44.7. The highest BCUT2D eigenvalue weighted by Gasteiger charge is 2.55. The molecule has 0 aromatic rings. The summed E-state index contributed by atoms with van der Waals surface area (Å²) in [6.07, 6.45) is 11.6. The summed E-state index contributed by atoms with van der Waals surface area (Å²) < 4.78 is 25.1. The lowest BCUT2D eigenvalue weighted by molar-refractivity contribution is -0.363. The minimum Gasteiger partial charge on any atom is -0.462 e. The molecule has 2 saturated heterocycles. The summed E-state index contributed by atoms with van der Waals surface area (Å²) in [4.78, 5) is 14.0. The molecule has 1 spiro atoms. The predicted molar refractivity (Wildman–Crippen MR) is 165 cm³/mol. The smallest absolute Gasteiger partial charge is 0.316 e. The Morgan fingerprint density at radius 3 is 2.58 bits per heavy atom. The fourth-order valence-electron chi connectivity index (χ4n) is 7.23. The molecule has 3 aliphatic heterocycles. The van der Waals surface area contributed by atoms with Crippen LogP contribution in [-0.4, -0.2) is 76.9 Å². The van der Waals surface area contributed by atoms with E-state index < -0.39 is 48.2 Å². The highest BCUT2D eigenvalue weighted by molar-refractivity contribution is 5.78. The Bertz CT molecular complexity index is 1170. The lowest BCUT2D eigenvalue weighted by Crippen LogP contribution is -2.61. The van der Waals surface area contributed by atoms with Crippen LogP contribution < -0.4 is 0 Å². The fourth-order valence-corrected chi connectivity index (χ4v) is 7.23. The van der Waals surface area contributed by atoms with Gasteiger partial charge in [-0.1, -0.05) is 55.9 Å². The van der Waals surface area contributed by atoms with Gasteiger partial charge in [0.05, 0.1) is 24.9 Å². The maximum Gasteiger partial charge on any atom is 0.316 e. The fraction of sp³-hybridized carbons (Fsp3) is 0.686. The molecule has 0 radical (unpaired) electrons. The molecular formula is C35H52O8. The second kappa shape index (κ2) is 13.9. The number of aliphatic hydroxyl groups excluding tert-OH is 2. The van der Waals surface area contributed by atoms with Gasteiger partial charge < -0.3 is 34.3 Å². The average Bonchev–Trinajstić information content (AvgIpc) is 2.96. The van der Waals surface area contributed by atoms with E-state index in [1.54, 1.807) is 19.3 Å². The van der Waals surface area contributed by atoms with Gasteiger partial charge in [0.2, 0.25) is 0 Å². The van der Waals surface area contributed by atoms with E-state index in [0.29, 0.717) is 24.8 Å². The van der Waals surface area contributed by atoms with Crippen LogP contribution in [0, 0.1) is 17.8 Å². The van der Waals surface area contributed by atoms with Crippen LogP contribution in [0.25, 0.3) is 0 Å². The van der Waals surface area contributed by atoms with Crippen LogP contribution >= 0.6 is 0 Å². The summed E-state index contributed by atoms with van der Waals surface area (Å²) in [5.41, 5.74) is 1.70. The Morgan fingerprint density at radius 1 is 1.16 bits per heavy atom. The number of methoxy groups -OCH3 is 1. The first-order valence-corrected chi connectivity index (χ1v) is 15.8. The zero-order valence-electron chi connectivity index (χ0n) is 26.9. The van der Waals surface area contributed by atoms with Crippen LogP contribution in [-0.2, 0) is 23.7 Å². The lowest BCUT2D eigenvalue weighted by Gasteiger charge is -2.52. The van der Waals surface area contributed by atoms with Gasteiger partial charge in [-0.05, 0) is 75.5 Å². The summed E-state index contributed by atoms with van der Waals surface area (Å²) >= 11 is 0. The molecule has 2 fully saturated rings. The standard InChI is InChI=1S/C35H52O8/c1-8-23(4)32-25(6)16-31(37)35(43-32)18-28-17-27(42-35)13-12-22(3)14-21(2)10-9-11-26(20-36)34(39)19-30(40-7)24(5)15-29(34)33(38)41-28/h8-12,15,21,25,27-32,36-37,39H,13-14,16-20H2,1-7H3/b10-9-,22-12-,23-8+,26-11-/t21-,25-,27+,28-,29-,30-,31+,32+,34+,35-/m0/s1. The van der Waals surface area contributed by atoms with Gasteiger partial charge in [-0.3, -0.25) is 4.79 Å². The minimum atomic E-state index is -1.71. The first kappa shape index (κ1) is 33.8. The van der Waals surface area contributed by atoms with Crippen molar-refractivity contribution in [2.75, 3.05) is 13.7 Å². The van der Waals surface area contributed by atoms with Crippen molar-refractivity contribution in [3.8, 4) is 0 Å². The summed E-state index contributed by atoms with van der Waals surface area (Å²) in [6.45, 7) is 11.7. The number of ether oxygens (including phenoxy) is 4. The third-order valence-corrected chi connectivity index (χ3v) is 9.86. The number of rotatable bonds is 3. The number of allylic oxidation sites excluding steroid dienone is 5. The van der Waals surface area contributed by atoms with Crippen molar-refractivity contribution in [2.24, 2.45) is 17.8 Å². The quantitative estimate of drug-likeness (QED) is 0.303. The Morgan fingerprint density at radius 2 is 1.91 bits per heavy atom. The topological polar surface area (TPSA) is 115 Å². The number of fused-ring (bicyclic) bond motifs is 3. The van der Waals surface area contributed by atoms with E-state index in [9.17, 15) is 20.1 Å². The zero-order chi connectivity index (χ0) is 31.5. The number of carbonyl (C=O) groups excluding carboxylic acids is 1. The lowest BCUT2D eigenvalue weighted by atomic mass is 9.71. The highest BCUT2D eigenvalue weighted by Crippen LogP contribution is 2.46. The maximum atomic E-state index is 14.0. The van der Waals surface area contributed by atoms with Crippen molar-refractivity contribution in [3.63, 3.8) is 0 Å². The van der Waals surface area contributed by atoms with Crippen LogP contribution in [0.2, 0.25) is 0 Å². The van der Waals surface area contributed by atoms with Gasteiger partial charge in [-0.25, -0.2) is 0 Å².